The van der Waals surface area contributed by atoms with Crippen LogP contribution >= 0.6 is 0 Å². The molecule has 1 unspecified atom stereocenters. The molecule has 0 aliphatic carbocycles. The zero-order valence-corrected chi connectivity index (χ0v) is 19.2. The van der Waals surface area contributed by atoms with Crippen LogP contribution in [-0.4, -0.2) is 34.6 Å². The summed E-state index contributed by atoms with van der Waals surface area (Å²) in [7, 11) is 1.36. The number of nitrogens with zero attached hydrogens (tertiary/aromatic N) is 3. The Morgan fingerprint density at radius 3 is 2.61 bits per heavy atom. The molecule has 2 rings (SSSR count). The molecule has 10 nitrogen and oxygen atoms in total. The molecule has 1 N–H and O–H groups in total. The van der Waals surface area contributed by atoms with Crippen LogP contribution in [0.3, 0.4) is 0 Å². The van der Waals surface area contributed by atoms with Crippen LogP contribution < -0.4 is 10.1 Å². The van der Waals surface area contributed by atoms with Crippen molar-refractivity contribution in [1.29, 1.82) is 5.26 Å². The van der Waals surface area contributed by atoms with E-state index >= 15 is 0 Å². The number of aryl methyl sites for hydroxylation is 1. The van der Waals surface area contributed by atoms with Gasteiger partial charge in [-0.15, -0.1) is 0 Å². The number of esters is 1. The summed E-state index contributed by atoms with van der Waals surface area (Å²) in [5.74, 6) is -1.50. The molecule has 0 fully saturated rings. The summed E-state index contributed by atoms with van der Waals surface area (Å²) < 4.78 is 12.2. The molecule has 1 amide bonds. The van der Waals surface area contributed by atoms with Crippen LogP contribution in [0.4, 0.5) is 11.4 Å². The van der Waals surface area contributed by atoms with E-state index in [0.717, 1.165) is 30.4 Å². The minimum Gasteiger partial charge on any atom is -0.496 e. The first-order chi connectivity index (χ1) is 15.6. The van der Waals surface area contributed by atoms with Crippen LogP contribution in [0.5, 0.6) is 5.75 Å². The predicted octanol–water partition coefficient (Wildman–Crippen LogP) is 3.91. The van der Waals surface area contributed by atoms with E-state index in [1.807, 2.05) is 26.0 Å². The fraction of sp³-hybridized carbons (Fsp3) is 0.348. The monoisotopic (exact) mass is 454 g/mol. The average Bonchev–Trinajstić information content (AvgIpc) is 3.04. The van der Waals surface area contributed by atoms with E-state index in [-0.39, 0.29) is 22.7 Å². The van der Waals surface area contributed by atoms with E-state index in [0.29, 0.717) is 5.56 Å². The van der Waals surface area contributed by atoms with E-state index in [2.05, 4.69) is 16.8 Å². The van der Waals surface area contributed by atoms with E-state index in [9.17, 15) is 25.0 Å². The number of methoxy groups -OCH3 is 1. The number of nitriles is 1. The summed E-state index contributed by atoms with van der Waals surface area (Å²) in [4.78, 5) is 35.6. The summed E-state index contributed by atoms with van der Waals surface area (Å²) >= 11 is 0. The molecule has 174 valence electrons. The van der Waals surface area contributed by atoms with Gasteiger partial charge in [-0.1, -0.05) is 6.92 Å². The molecule has 0 saturated heterocycles. The number of aromatic nitrogens is 1. The maximum atomic E-state index is 12.5. The topological polar surface area (TPSA) is 136 Å². The van der Waals surface area contributed by atoms with Gasteiger partial charge in [-0.25, -0.2) is 4.79 Å². The highest BCUT2D eigenvalue weighted by atomic mass is 16.6. The van der Waals surface area contributed by atoms with Crippen LogP contribution in [0.2, 0.25) is 0 Å². The lowest BCUT2D eigenvalue weighted by Gasteiger charge is -2.13. The molecule has 10 heteroatoms. The Morgan fingerprint density at radius 1 is 1.33 bits per heavy atom. The van der Waals surface area contributed by atoms with Gasteiger partial charge >= 0.3 is 5.97 Å². The number of carbonyl (C=O) groups is 2. The van der Waals surface area contributed by atoms with Crippen molar-refractivity contribution >= 4 is 29.3 Å². The molecule has 33 heavy (non-hydrogen) atoms. The molecule has 0 bridgehead atoms. The highest BCUT2D eigenvalue weighted by molar-refractivity contribution is 6.01. The van der Waals surface area contributed by atoms with Gasteiger partial charge in [0.25, 0.3) is 11.6 Å². The summed E-state index contributed by atoms with van der Waals surface area (Å²) in [6.07, 6.45) is 1.06. The van der Waals surface area contributed by atoms with Crippen LogP contribution in [0.25, 0.3) is 6.08 Å². The van der Waals surface area contributed by atoms with Crippen LogP contribution in [0, 0.1) is 35.3 Å². The lowest BCUT2D eigenvalue weighted by Crippen LogP contribution is -2.30. The predicted molar refractivity (Wildman–Crippen MR) is 122 cm³/mol. The number of amides is 1. The fourth-order valence-corrected chi connectivity index (χ4v) is 3.24. The Labute approximate surface area is 191 Å². The van der Waals surface area contributed by atoms with Crippen molar-refractivity contribution in [3.8, 4) is 11.8 Å². The fourth-order valence-electron chi connectivity index (χ4n) is 3.24. The Balaban J connectivity index is 2.17. The van der Waals surface area contributed by atoms with Gasteiger partial charge in [0, 0.05) is 17.9 Å². The van der Waals surface area contributed by atoms with Gasteiger partial charge in [0.1, 0.15) is 23.1 Å². The highest BCUT2D eigenvalue weighted by Gasteiger charge is 2.24. The van der Waals surface area contributed by atoms with E-state index < -0.39 is 22.9 Å². The van der Waals surface area contributed by atoms with Crippen molar-refractivity contribution in [2.24, 2.45) is 0 Å². The number of benzene rings is 1. The van der Waals surface area contributed by atoms with E-state index in [4.69, 9.17) is 9.47 Å². The largest absolute Gasteiger partial charge is 0.496 e. The molecule has 1 aromatic heterocycles. The lowest BCUT2D eigenvalue weighted by atomic mass is 10.1. The molecule has 0 radical (unpaired) electrons. The van der Waals surface area contributed by atoms with E-state index in [1.165, 1.54) is 32.2 Å². The van der Waals surface area contributed by atoms with Gasteiger partial charge in [0.05, 0.1) is 18.1 Å². The second-order valence-electron chi connectivity index (χ2n) is 7.32. The van der Waals surface area contributed by atoms with Crippen LogP contribution in [-0.2, 0) is 20.9 Å². The maximum absolute atomic E-state index is 12.5. The normalized spacial score (nSPS) is 11.9. The number of nitrogens with one attached hydrogen (secondary N) is 1. The first kappa shape index (κ1) is 25.1. The van der Waals surface area contributed by atoms with Gasteiger partial charge in [0.15, 0.2) is 6.10 Å². The SMILES string of the molecule is CCCn1c(C)cc(/C=C(\C#N)C(=O)OC(C)C(=O)Nc2ccc(OC)cc2[N+](=O)[O-])c1C. The van der Waals surface area contributed by atoms with Crippen LogP contribution in [0.15, 0.2) is 29.8 Å². The highest BCUT2D eigenvalue weighted by Crippen LogP contribution is 2.29. The third kappa shape index (κ3) is 5.98. The molecular formula is C23H26N4O6. The van der Waals surface area contributed by atoms with Gasteiger partial charge in [0.2, 0.25) is 0 Å². The Hall–Kier alpha value is -4.13. The minimum atomic E-state index is -1.30. The molecule has 2 aromatic rings. The molecular weight excluding hydrogens is 428 g/mol. The van der Waals surface area contributed by atoms with Crippen LogP contribution in [0.1, 0.15) is 37.2 Å². The second kappa shape index (κ2) is 10.9. The molecule has 1 heterocycles. The minimum absolute atomic E-state index is 0.0758. The number of rotatable bonds is 9. The van der Waals surface area contributed by atoms with E-state index in [1.54, 1.807) is 0 Å². The Kier molecular flexibility index (Phi) is 8.34. The quantitative estimate of drug-likeness (QED) is 0.199. The van der Waals surface area contributed by atoms with Crippen molar-refractivity contribution in [3.05, 3.63) is 56.9 Å². The Bertz CT molecular complexity index is 1140. The third-order valence-electron chi connectivity index (χ3n) is 5.01. The first-order valence-electron chi connectivity index (χ1n) is 10.3. The number of ether oxygens (including phenoxy) is 2. The van der Waals surface area contributed by atoms with Crippen molar-refractivity contribution in [3.63, 3.8) is 0 Å². The molecule has 0 aliphatic heterocycles. The zero-order chi connectivity index (χ0) is 24.7. The summed E-state index contributed by atoms with van der Waals surface area (Å²) in [6, 6.07) is 7.61. The van der Waals surface area contributed by atoms with Crippen molar-refractivity contribution in [1.82, 2.24) is 4.57 Å². The number of hydrogen-bond donors (Lipinski definition) is 1. The number of carbonyl (C=O) groups excluding carboxylic acids is 2. The van der Waals surface area contributed by atoms with Gasteiger partial charge in [-0.05, 0) is 57.0 Å². The second-order valence-corrected chi connectivity index (χ2v) is 7.32. The van der Waals surface area contributed by atoms with Gasteiger partial charge in [-0.3, -0.25) is 14.9 Å². The zero-order valence-electron chi connectivity index (χ0n) is 19.2. The molecule has 1 aromatic carbocycles. The van der Waals surface area contributed by atoms with Gasteiger partial charge < -0.3 is 19.4 Å². The first-order valence-corrected chi connectivity index (χ1v) is 10.3. The molecule has 0 aliphatic rings. The average molecular weight is 454 g/mol. The standard InChI is InChI=1S/C23H26N4O6/c1-6-9-26-14(2)10-17(15(26)3)11-18(13-24)23(29)33-16(4)22(28)25-20-8-7-19(32-5)12-21(20)27(30)31/h7-8,10-12,16H,6,9H2,1-5H3,(H,25,28)/b18-11+. The van der Waals surface area contributed by atoms with Crippen molar-refractivity contribution in [2.45, 2.75) is 46.8 Å². The lowest BCUT2D eigenvalue weighted by molar-refractivity contribution is -0.384. The number of nitro benzene ring substituents is 1. The summed E-state index contributed by atoms with van der Waals surface area (Å²) in [6.45, 7) is 8.01. The number of hydrogen-bond acceptors (Lipinski definition) is 7. The third-order valence-corrected chi connectivity index (χ3v) is 5.01. The smallest absolute Gasteiger partial charge is 0.349 e. The number of nitro groups is 1. The summed E-state index contributed by atoms with van der Waals surface area (Å²) in [5, 5.41) is 23.1. The Morgan fingerprint density at radius 2 is 2.03 bits per heavy atom. The summed E-state index contributed by atoms with van der Waals surface area (Å²) in [5.41, 5.74) is 1.91. The van der Waals surface area contributed by atoms with Gasteiger partial charge in [-0.2, -0.15) is 5.26 Å². The van der Waals surface area contributed by atoms with Crippen molar-refractivity contribution < 1.29 is 24.0 Å². The molecule has 0 spiro atoms. The molecule has 1 atom stereocenters. The van der Waals surface area contributed by atoms with Crippen molar-refractivity contribution in [2.75, 3.05) is 12.4 Å². The molecule has 0 saturated carbocycles. The number of anilines is 1. The maximum Gasteiger partial charge on any atom is 0.349 e.